The minimum atomic E-state index is -1.16. The predicted octanol–water partition coefficient (Wildman–Crippen LogP) is 6.26. The number of H-pyrrole nitrogens is 2. The molecule has 8 N–H and O–H groups in total. The van der Waals surface area contributed by atoms with Gasteiger partial charge in [-0.05, 0) is 126 Å². The molecular weight excluding hydrogens is 999 g/mol. The van der Waals surface area contributed by atoms with E-state index < -0.39 is 23.8 Å². The van der Waals surface area contributed by atoms with Crippen LogP contribution in [0.25, 0.3) is 39.3 Å². The Morgan fingerprint density at radius 3 is 2.01 bits per heavy atom. The summed E-state index contributed by atoms with van der Waals surface area (Å²) in [5.41, 5.74) is 13.1. The Balaban J connectivity index is 0.897. The fourth-order valence-corrected chi connectivity index (χ4v) is 10.1. The molecule has 8 bridgehead atoms. The number of ether oxygens (including phenoxy) is 4. The number of carboxylic acids is 1. The van der Waals surface area contributed by atoms with E-state index in [1.807, 2.05) is 39.1 Å². The molecule has 0 saturated carbocycles. The van der Waals surface area contributed by atoms with Crippen molar-refractivity contribution in [1.82, 2.24) is 46.5 Å². The predicted molar refractivity (Wildman–Crippen MR) is 300 cm³/mol. The van der Waals surface area contributed by atoms with Crippen LogP contribution in [-0.2, 0) is 49.3 Å². The molecule has 5 heterocycles. The van der Waals surface area contributed by atoms with E-state index in [2.05, 4.69) is 70.0 Å². The van der Waals surface area contributed by atoms with Crippen LogP contribution in [0.5, 0.6) is 0 Å². The fourth-order valence-electron chi connectivity index (χ4n) is 10.1. The van der Waals surface area contributed by atoms with Gasteiger partial charge in [-0.1, -0.05) is 26.5 Å². The third kappa shape index (κ3) is 16.7. The van der Waals surface area contributed by atoms with Crippen molar-refractivity contribution in [1.29, 1.82) is 0 Å². The number of aromatic nitrogens is 4. The number of carboxylic acid groups (broad SMARTS) is 1. The number of nitrogens with zero attached hydrogens (tertiary/aromatic N) is 2. The molecule has 4 amide bonds. The molecule has 0 spiro atoms. The largest absolute Gasteiger partial charge is 0.480 e. The van der Waals surface area contributed by atoms with E-state index in [0.717, 1.165) is 104 Å². The number of unbranched alkanes of at least 4 members (excludes halogenated alkanes) is 1. The SMILES string of the molecule is C=Cc1c(C)c2cc3nc(c4c5[nH]c(cc6nc(cc1[nH]2)C(C)=C6CC)c(C)c5C(=O)C4)C(CCC(=O)NC(CCCCNC(=O)COCC(=O)NCCCOCCOCCOCCCNC(=O)CCCNC)C(=O)O)[C@@H]3C. The molecule has 3 aromatic rings. The van der Waals surface area contributed by atoms with Gasteiger partial charge in [0.05, 0.1) is 49.0 Å². The number of carbonyl (C=O) groups is 6. The van der Waals surface area contributed by atoms with Gasteiger partial charge in [-0.2, -0.15) is 0 Å². The van der Waals surface area contributed by atoms with Crippen molar-refractivity contribution in [2.24, 2.45) is 0 Å². The number of aliphatic carboxylic acids is 1. The second-order valence-electron chi connectivity index (χ2n) is 20.1. The van der Waals surface area contributed by atoms with E-state index in [4.69, 9.17) is 28.9 Å². The normalized spacial score (nSPS) is 15.1. The van der Waals surface area contributed by atoms with Gasteiger partial charge < -0.3 is 60.6 Å². The van der Waals surface area contributed by atoms with Crippen LogP contribution in [0.3, 0.4) is 0 Å². The van der Waals surface area contributed by atoms with Crippen molar-refractivity contribution in [3.05, 3.63) is 75.4 Å². The van der Waals surface area contributed by atoms with Gasteiger partial charge in [0.2, 0.25) is 23.6 Å². The Hall–Kier alpha value is -6.58. The minimum absolute atomic E-state index is 0.00367. The van der Waals surface area contributed by atoms with Crippen LogP contribution in [0, 0.1) is 13.8 Å². The number of aryl methyl sites for hydroxylation is 2. The number of amides is 4. The van der Waals surface area contributed by atoms with E-state index in [-0.39, 0.29) is 68.5 Å². The lowest BCUT2D eigenvalue weighted by Gasteiger charge is -2.19. The Bertz CT molecular complexity index is 2840. The van der Waals surface area contributed by atoms with Gasteiger partial charge in [0.1, 0.15) is 19.3 Å². The second-order valence-corrected chi connectivity index (χ2v) is 20.1. The first-order chi connectivity index (χ1) is 37.6. The summed E-state index contributed by atoms with van der Waals surface area (Å²) in [6.45, 7) is 18.5. The molecule has 3 aromatic heterocycles. The summed E-state index contributed by atoms with van der Waals surface area (Å²) in [4.78, 5) is 93.4. The lowest BCUT2D eigenvalue weighted by molar-refractivity contribution is -0.142. The molecule has 2 unspecified atom stereocenters. The molecule has 0 saturated heterocycles. The number of allylic oxidation sites excluding steroid dienone is 2. The zero-order valence-electron chi connectivity index (χ0n) is 46.4. The van der Waals surface area contributed by atoms with Crippen LogP contribution in [0.1, 0.15) is 152 Å². The first kappa shape index (κ1) is 60.6. The van der Waals surface area contributed by atoms with Crippen LogP contribution in [0.4, 0.5) is 0 Å². The average Bonchev–Trinajstić information content (AvgIpc) is 4.21. The zero-order chi connectivity index (χ0) is 56.1. The van der Waals surface area contributed by atoms with E-state index in [1.54, 1.807) is 0 Å². The number of aromatic amines is 2. The van der Waals surface area contributed by atoms with Crippen molar-refractivity contribution < 1.29 is 52.8 Å². The first-order valence-electron chi connectivity index (χ1n) is 27.6. The van der Waals surface area contributed by atoms with Crippen LogP contribution < -0.4 is 26.6 Å². The maximum atomic E-state index is 13.8. The number of fused-ring (bicyclic) bond motifs is 8. The number of Topliss-reactive ketones (excluding diaryl/α,β-unsaturated/α-hetero) is 1. The Kier molecular flexibility index (Phi) is 23.7. The van der Waals surface area contributed by atoms with Crippen molar-refractivity contribution in [2.45, 2.75) is 123 Å². The summed E-state index contributed by atoms with van der Waals surface area (Å²) in [5.74, 6) is -2.67. The van der Waals surface area contributed by atoms with Gasteiger partial charge in [-0.3, -0.25) is 29.0 Å². The highest BCUT2D eigenvalue weighted by Gasteiger charge is 2.36. The van der Waals surface area contributed by atoms with E-state index in [0.29, 0.717) is 90.4 Å². The Morgan fingerprint density at radius 2 is 1.37 bits per heavy atom. The lowest BCUT2D eigenvalue weighted by Crippen LogP contribution is -2.41. The number of carbonyl (C=O) groups excluding carboxylic acids is 5. The van der Waals surface area contributed by atoms with E-state index >= 15 is 0 Å². The molecule has 6 rings (SSSR count). The molecular formula is C58H81N9O11. The quantitative estimate of drug-likeness (QED) is 0.0307. The van der Waals surface area contributed by atoms with Gasteiger partial charge in [-0.25, -0.2) is 9.78 Å². The Morgan fingerprint density at radius 1 is 0.744 bits per heavy atom. The topological polar surface area (TPSA) is 277 Å². The zero-order valence-corrected chi connectivity index (χ0v) is 46.4. The van der Waals surface area contributed by atoms with Crippen molar-refractivity contribution >= 4 is 74.7 Å². The summed E-state index contributed by atoms with van der Waals surface area (Å²) >= 11 is 0. The van der Waals surface area contributed by atoms with E-state index in [1.165, 1.54) is 0 Å². The molecule has 0 fully saturated rings. The van der Waals surface area contributed by atoms with Crippen molar-refractivity contribution in [3.63, 3.8) is 0 Å². The highest BCUT2D eigenvalue weighted by Crippen LogP contribution is 2.44. The summed E-state index contributed by atoms with van der Waals surface area (Å²) < 4.78 is 21.8. The highest BCUT2D eigenvalue weighted by molar-refractivity contribution is 6.13. The lowest BCUT2D eigenvalue weighted by atomic mass is 9.85. The number of hydrogen-bond donors (Lipinski definition) is 8. The summed E-state index contributed by atoms with van der Waals surface area (Å²) in [5, 5.41) is 24.1. The third-order valence-electron chi connectivity index (χ3n) is 14.5. The van der Waals surface area contributed by atoms with Crippen molar-refractivity contribution in [3.8, 4) is 0 Å². The average molecular weight is 1080 g/mol. The van der Waals surface area contributed by atoms with Crippen molar-refractivity contribution in [2.75, 3.05) is 86.1 Å². The molecule has 0 aromatic carbocycles. The van der Waals surface area contributed by atoms with Crippen LogP contribution >= 0.6 is 0 Å². The molecule has 20 heteroatoms. The van der Waals surface area contributed by atoms with Crippen LogP contribution in [-0.4, -0.2) is 153 Å². The number of nitrogens with one attached hydrogen (secondary N) is 7. The fraction of sp³-hybridized carbons (Fsp3) is 0.552. The molecule has 1 aliphatic carbocycles. The minimum Gasteiger partial charge on any atom is -0.480 e. The van der Waals surface area contributed by atoms with Crippen LogP contribution in [0.15, 0.2) is 24.8 Å². The van der Waals surface area contributed by atoms with Gasteiger partial charge in [0, 0.05) is 103 Å². The maximum absolute atomic E-state index is 13.8. The molecule has 3 atom stereocenters. The molecule has 2 aliphatic heterocycles. The first-order valence-corrected chi connectivity index (χ1v) is 27.6. The van der Waals surface area contributed by atoms with Gasteiger partial charge in [0.15, 0.2) is 5.78 Å². The second kappa shape index (κ2) is 30.5. The standard InChI is InChI=1S/C58H81N9O11/c1-8-39-35(3)44-30-46-37(5)41(56(66-46)42-29-50(68)55-38(6)47(67-57(42)55)32-49-40(9-2)36(4)45(64-49)31-48(39)63-44)17-18-52(70)65-43(58(73)74)15-10-11-20-61-53(71)33-78-34-54(72)62-22-14-24-76-26-28-77-27-25-75-23-13-21-60-51(69)16-12-19-59-7/h8,30-32,37,41,43,59,63,67H,1,9-29,33-34H2,2-7H3,(H,60,69)(H,61,71)(H,62,72)(H,65,70)(H,73,74)/t37-,41?,43?/m0/s1. The molecule has 424 valence electrons. The van der Waals surface area contributed by atoms with Gasteiger partial charge in [0.25, 0.3) is 0 Å². The number of ketones is 1. The summed E-state index contributed by atoms with van der Waals surface area (Å²) in [7, 11) is 1.86. The smallest absolute Gasteiger partial charge is 0.326 e. The molecule has 20 nitrogen and oxygen atoms in total. The van der Waals surface area contributed by atoms with Gasteiger partial charge >= 0.3 is 5.97 Å². The third-order valence-corrected chi connectivity index (χ3v) is 14.5. The monoisotopic (exact) mass is 1080 g/mol. The summed E-state index contributed by atoms with van der Waals surface area (Å²) in [6, 6.07) is 5.00. The Labute approximate surface area is 457 Å². The maximum Gasteiger partial charge on any atom is 0.326 e. The molecule has 3 aliphatic rings. The van der Waals surface area contributed by atoms with Gasteiger partial charge in [-0.15, -0.1) is 0 Å². The van der Waals surface area contributed by atoms with E-state index in [9.17, 15) is 33.9 Å². The number of hydrogen-bond acceptors (Lipinski definition) is 13. The highest BCUT2D eigenvalue weighted by atomic mass is 16.5. The number of rotatable bonds is 34. The molecule has 78 heavy (non-hydrogen) atoms. The molecule has 0 radical (unpaired) electrons. The van der Waals surface area contributed by atoms with Crippen LogP contribution in [0.2, 0.25) is 0 Å². The summed E-state index contributed by atoms with van der Waals surface area (Å²) in [6.07, 6.45) is 6.87.